The summed E-state index contributed by atoms with van der Waals surface area (Å²) < 4.78 is 68.5. The second kappa shape index (κ2) is 64.4. The third-order valence-corrected chi connectivity index (χ3v) is 19.2. The van der Waals surface area contributed by atoms with Crippen molar-refractivity contribution in [3.05, 3.63) is 0 Å². The van der Waals surface area contributed by atoms with Crippen LogP contribution in [0.1, 0.15) is 376 Å². The Hall–Kier alpha value is -1.94. The number of hydrogen-bond donors (Lipinski definition) is 3. The van der Waals surface area contributed by atoms with E-state index in [0.717, 1.165) is 114 Å². The third kappa shape index (κ3) is 68.6. The first-order chi connectivity index (χ1) is 45.1. The maximum atomic E-state index is 13.1. The number of carbonyl (C=O) groups excluding carboxylic acids is 4. The van der Waals surface area contributed by atoms with E-state index in [4.69, 9.17) is 37.0 Å². The van der Waals surface area contributed by atoms with Crippen LogP contribution >= 0.6 is 15.6 Å². The second-order valence-corrected chi connectivity index (χ2v) is 31.9. The summed E-state index contributed by atoms with van der Waals surface area (Å²) in [7, 11) is -9.91. The Kier molecular flexibility index (Phi) is 63.1. The molecule has 19 heteroatoms. The summed E-state index contributed by atoms with van der Waals surface area (Å²) in [4.78, 5) is 72.8. The maximum Gasteiger partial charge on any atom is 0.472 e. The van der Waals surface area contributed by atoms with E-state index in [2.05, 4.69) is 55.4 Å². The summed E-state index contributed by atoms with van der Waals surface area (Å²) in [5.74, 6) is 0.907. The minimum absolute atomic E-state index is 0.106. The fraction of sp³-hybridized carbons (Fsp3) is 0.947. The fourth-order valence-electron chi connectivity index (χ4n) is 11.4. The van der Waals surface area contributed by atoms with Crippen molar-refractivity contribution in [1.82, 2.24) is 0 Å². The quantitative estimate of drug-likeness (QED) is 0.0222. The molecule has 0 fully saturated rings. The number of phosphoric acid groups is 2. The van der Waals surface area contributed by atoms with E-state index in [0.29, 0.717) is 31.6 Å². The SMILES string of the molecule is CC(C)CCCCCCCCCCCCCCC(=O)OC[C@H](COP(=O)(O)OCC(O)COP(=O)(O)OC[C@@H](COC(=O)CCCCCCCCCC(C)C)OC(=O)CCCCCCCCCCCCCCC(C)C)OC(=O)CCCCCCCCCCCCCC(C)C. The average Bonchev–Trinajstić information content (AvgIpc) is 3.42. The zero-order valence-corrected chi connectivity index (χ0v) is 63.4. The van der Waals surface area contributed by atoms with E-state index in [1.54, 1.807) is 0 Å². The van der Waals surface area contributed by atoms with Gasteiger partial charge in [-0.3, -0.25) is 37.3 Å². The highest BCUT2D eigenvalue weighted by molar-refractivity contribution is 7.47. The molecule has 0 spiro atoms. The van der Waals surface area contributed by atoms with Gasteiger partial charge in [-0.1, -0.05) is 325 Å². The molecule has 3 unspecified atom stereocenters. The molecule has 558 valence electrons. The zero-order chi connectivity index (χ0) is 69.6. The van der Waals surface area contributed by atoms with Crippen LogP contribution in [0.5, 0.6) is 0 Å². The van der Waals surface area contributed by atoms with Crippen LogP contribution < -0.4 is 0 Å². The topological polar surface area (TPSA) is 237 Å². The Morgan fingerprint density at radius 1 is 0.266 bits per heavy atom. The van der Waals surface area contributed by atoms with Gasteiger partial charge in [0.15, 0.2) is 12.2 Å². The lowest BCUT2D eigenvalue weighted by Crippen LogP contribution is -2.30. The number of carbonyl (C=O) groups is 4. The van der Waals surface area contributed by atoms with Gasteiger partial charge in [-0.2, -0.15) is 0 Å². The number of hydrogen-bond acceptors (Lipinski definition) is 15. The minimum Gasteiger partial charge on any atom is -0.462 e. The lowest BCUT2D eigenvalue weighted by Gasteiger charge is -2.21. The monoisotopic (exact) mass is 1380 g/mol. The van der Waals surface area contributed by atoms with Gasteiger partial charge in [-0.25, -0.2) is 9.13 Å². The lowest BCUT2D eigenvalue weighted by molar-refractivity contribution is -0.161. The van der Waals surface area contributed by atoms with E-state index >= 15 is 0 Å². The summed E-state index contributed by atoms with van der Waals surface area (Å²) in [5.41, 5.74) is 0. The highest BCUT2D eigenvalue weighted by Gasteiger charge is 2.30. The van der Waals surface area contributed by atoms with Gasteiger partial charge in [0.05, 0.1) is 26.4 Å². The van der Waals surface area contributed by atoms with Crippen LogP contribution in [0.2, 0.25) is 0 Å². The molecule has 17 nitrogen and oxygen atoms in total. The molecule has 5 atom stereocenters. The van der Waals surface area contributed by atoms with Gasteiger partial charge in [0.25, 0.3) is 0 Å². The number of unbranched alkanes of at least 4 members (excludes halogenated alkanes) is 38. The largest absolute Gasteiger partial charge is 0.472 e. The summed E-state index contributed by atoms with van der Waals surface area (Å²) >= 11 is 0. The zero-order valence-electron chi connectivity index (χ0n) is 61.6. The maximum absolute atomic E-state index is 13.1. The molecular weight excluding hydrogens is 1230 g/mol. The summed E-state index contributed by atoms with van der Waals surface area (Å²) in [6.07, 6.45) is 48.6. The molecule has 0 aliphatic heterocycles. The molecule has 0 radical (unpaired) electrons. The minimum atomic E-state index is -4.96. The Morgan fingerprint density at radius 2 is 0.447 bits per heavy atom. The molecular formula is C75H146O17P2. The van der Waals surface area contributed by atoms with E-state index < -0.39 is 97.5 Å². The molecule has 0 aliphatic carbocycles. The van der Waals surface area contributed by atoms with Crippen molar-refractivity contribution in [3.8, 4) is 0 Å². The van der Waals surface area contributed by atoms with Crippen LogP contribution in [0.4, 0.5) is 0 Å². The standard InChI is InChI=1S/C75H146O17P2/c1-65(2)51-43-35-27-20-14-9-11-17-23-31-39-47-55-72(77)85-61-70(91-75(80)58-50-42-33-25-19-13-16-22-29-37-45-53-67(5)6)63-89-93(81,82)87-59-69(76)60-88-94(83,84)90-64-71(62-86-73(78)56-48-40-34-26-30-38-46-54-68(7)8)92-74(79)57-49-41-32-24-18-12-10-15-21-28-36-44-52-66(3)4/h65-71,76H,9-64H2,1-8H3,(H,81,82)(H,83,84)/t69?,70-,71-/m1/s1. The van der Waals surface area contributed by atoms with Crippen molar-refractivity contribution in [2.75, 3.05) is 39.6 Å². The van der Waals surface area contributed by atoms with Crippen molar-refractivity contribution in [2.24, 2.45) is 23.7 Å². The first-order valence-electron chi connectivity index (χ1n) is 38.7. The number of aliphatic hydroxyl groups excluding tert-OH is 1. The van der Waals surface area contributed by atoms with E-state index in [-0.39, 0.29) is 25.7 Å². The number of ether oxygens (including phenoxy) is 4. The first kappa shape index (κ1) is 92.1. The number of aliphatic hydroxyl groups is 1. The first-order valence-corrected chi connectivity index (χ1v) is 41.7. The molecule has 0 bridgehead atoms. The Labute approximate surface area is 575 Å². The van der Waals surface area contributed by atoms with Gasteiger partial charge < -0.3 is 33.8 Å². The Balaban J connectivity index is 5.26. The fourth-order valence-corrected chi connectivity index (χ4v) is 13.0. The van der Waals surface area contributed by atoms with Crippen LogP contribution in [-0.2, 0) is 65.4 Å². The Morgan fingerprint density at radius 3 is 0.660 bits per heavy atom. The van der Waals surface area contributed by atoms with Crippen LogP contribution in [0.25, 0.3) is 0 Å². The number of rotatable bonds is 72. The Bertz CT molecular complexity index is 1850. The van der Waals surface area contributed by atoms with Gasteiger partial charge in [0.2, 0.25) is 0 Å². The van der Waals surface area contributed by atoms with Gasteiger partial charge in [0, 0.05) is 25.7 Å². The summed E-state index contributed by atoms with van der Waals surface area (Å²) in [6, 6.07) is 0. The molecule has 0 saturated carbocycles. The van der Waals surface area contributed by atoms with E-state index in [1.165, 1.54) is 173 Å². The van der Waals surface area contributed by atoms with Gasteiger partial charge in [0.1, 0.15) is 19.3 Å². The van der Waals surface area contributed by atoms with Crippen molar-refractivity contribution in [1.29, 1.82) is 0 Å². The van der Waals surface area contributed by atoms with E-state index in [9.17, 15) is 43.2 Å². The van der Waals surface area contributed by atoms with Gasteiger partial charge in [-0.15, -0.1) is 0 Å². The molecule has 94 heavy (non-hydrogen) atoms. The van der Waals surface area contributed by atoms with Crippen LogP contribution in [0.3, 0.4) is 0 Å². The third-order valence-electron chi connectivity index (χ3n) is 17.3. The van der Waals surface area contributed by atoms with E-state index in [1.807, 2.05) is 0 Å². The molecule has 0 aromatic heterocycles. The van der Waals surface area contributed by atoms with Crippen molar-refractivity contribution in [3.63, 3.8) is 0 Å². The molecule has 0 saturated heterocycles. The summed E-state index contributed by atoms with van der Waals surface area (Å²) in [6.45, 7) is 14.2. The van der Waals surface area contributed by atoms with Crippen molar-refractivity contribution in [2.45, 2.75) is 395 Å². The second-order valence-electron chi connectivity index (χ2n) is 28.9. The molecule has 0 aliphatic rings. The highest BCUT2D eigenvalue weighted by atomic mass is 31.2. The smallest absolute Gasteiger partial charge is 0.462 e. The van der Waals surface area contributed by atoms with Crippen LogP contribution in [0, 0.1) is 23.7 Å². The lowest BCUT2D eigenvalue weighted by atomic mass is 10.0. The van der Waals surface area contributed by atoms with Crippen LogP contribution in [-0.4, -0.2) is 96.7 Å². The molecule has 0 aromatic carbocycles. The van der Waals surface area contributed by atoms with Gasteiger partial charge in [-0.05, 0) is 49.4 Å². The highest BCUT2D eigenvalue weighted by Crippen LogP contribution is 2.45. The molecule has 0 amide bonds. The van der Waals surface area contributed by atoms with Crippen molar-refractivity contribution < 1.29 is 80.2 Å². The van der Waals surface area contributed by atoms with Crippen molar-refractivity contribution >= 4 is 39.5 Å². The molecule has 3 N–H and O–H groups in total. The predicted molar refractivity (Wildman–Crippen MR) is 381 cm³/mol. The molecule has 0 heterocycles. The number of esters is 4. The van der Waals surface area contributed by atoms with Gasteiger partial charge >= 0.3 is 39.5 Å². The normalized spacial score (nSPS) is 14.2. The summed E-state index contributed by atoms with van der Waals surface area (Å²) in [5, 5.41) is 10.6. The van der Waals surface area contributed by atoms with Crippen LogP contribution in [0.15, 0.2) is 0 Å². The molecule has 0 rings (SSSR count). The number of phosphoric ester groups is 2. The molecule has 0 aromatic rings. The predicted octanol–water partition coefficient (Wildman–Crippen LogP) is 21.7. The average molecular weight is 1380 g/mol.